The van der Waals surface area contributed by atoms with Crippen molar-refractivity contribution >= 4 is 5.78 Å². The van der Waals surface area contributed by atoms with Crippen LogP contribution in [0.1, 0.15) is 22.8 Å². The summed E-state index contributed by atoms with van der Waals surface area (Å²) in [7, 11) is 1.74. The number of hydrogen-bond acceptors (Lipinski definition) is 4. The van der Waals surface area contributed by atoms with Crippen molar-refractivity contribution in [3.8, 4) is 11.5 Å². The van der Waals surface area contributed by atoms with Crippen LogP contribution in [-0.4, -0.2) is 26.0 Å². The fraction of sp³-hybridized carbons (Fsp3) is 0.278. The van der Waals surface area contributed by atoms with Crippen molar-refractivity contribution in [1.82, 2.24) is 5.32 Å². The zero-order valence-electron chi connectivity index (χ0n) is 13.0. The fourth-order valence-corrected chi connectivity index (χ4v) is 2.14. The number of ether oxygens (including phenoxy) is 2. The van der Waals surface area contributed by atoms with Gasteiger partial charge in [0, 0.05) is 0 Å². The first-order valence-corrected chi connectivity index (χ1v) is 7.36. The Morgan fingerprint density at radius 3 is 2.50 bits per heavy atom. The molecule has 2 aromatic carbocycles. The van der Waals surface area contributed by atoms with E-state index in [0.717, 1.165) is 5.56 Å². The van der Waals surface area contributed by atoms with Crippen LogP contribution in [0.25, 0.3) is 0 Å². The number of nitrogens with one attached hydrogen (secondary N) is 1. The van der Waals surface area contributed by atoms with Gasteiger partial charge in [0.25, 0.3) is 0 Å². The molecule has 22 heavy (non-hydrogen) atoms. The van der Waals surface area contributed by atoms with Gasteiger partial charge in [0.2, 0.25) is 0 Å². The Bertz CT molecular complexity index is 611. The third-order valence-corrected chi connectivity index (χ3v) is 3.14. The molecule has 2 rings (SSSR count). The van der Waals surface area contributed by atoms with Crippen molar-refractivity contribution in [2.75, 3.05) is 20.2 Å². The molecule has 116 valence electrons. The van der Waals surface area contributed by atoms with Crippen molar-refractivity contribution in [2.24, 2.45) is 0 Å². The Labute approximate surface area is 131 Å². The highest BCUT2D eigenvalue weighted by atomic mass is 16.5. The van der Waals surface area contributed by atoms with E-state index in [1.807, 2.05) is 49.4 Å². The lowest BCUT2D eigenvalue weighted by molar-refractivity contribution is 0.0988. The van der Waals surface area contributed by atoms with E-state index >= 15 is 0 Å². The highest BCUT2D eigenvalue weighted by Crippen LogP contribution is 2.32. The van der Waals surface area contributed by atoms with Crippen molar-refractivity contribution in [2.45, 2.75) is 13.5 Å². The number of likely N-dealkylation sites (N-methyl/N-ethyl adjacent to an activating group) is 1. The first-order valence-electron chi connectivity index (χ1n) is 7.36. The van der Waals surface area contributed by atoms with Gasteiger partial charge in [-0.1, -0.05) is 36.4 Å². The van der Waals surface area contributed by atoms with Crippen LogP contribution in [0.3, 0.4) is 0 Å². The molecule has 0 amide bonds. The van der Waals surface area contributed by atoms with Crippen LogP contribution in [-0.2, 0) is 6.61 Å². The lowest BCUT2D eigenvalue weighted by Crippen LogP contribution is -2.19. The standard InChI is InChI=1S/C18H21NO3/c1-3-21-17-11-7-10-15(16(20)12-19-2)18(17)22-13-14-8-5-4-6-9-14/h4-11,19H,3,12-13H2,1-2H3. The van der Waals surface area contributed by atoms with E-state index in [1.54, 1.807) is 13.1 Å². The van der Waals surface area contributed by atoms with Gasteiger partial charge in [-0.05, 0) is 31.7 Å². The summed E-state index contributed by atoms with van der Waals surface area (Å²) in [6.07, 6.45) is 0. The fourth-order valence-electron chi connectivity index (χ4n) is 2.14. The molecule has 0 saturated heterocycles. The zero-order valence-corrected chi connectivity index (χ0v) is 13.0. The normalized spacial score (nSPS) is 10.3. The maximum absolute atomic E-state index is 12.2. The number of hydrogen-bond donors (Lipinski definition) is 1. The minimum Gasteiger partial charge on any atom is -0.490 e. The lowest BCUT2D eigenvalue weighted by Gasteiger charge is -2.15. The van der Waals surface area contributed by atoms with Gasteiger partial charge in [-0.15, -0.1) is 0 Å². The molecule has 1 N–H and O–H groups in total. The first kappa shape index (κ1) is 16.0. The molecule has 0 aliphatic rings. The number of para-hydroxylation sites is 1. The third kappa shape index (κ3) is 4.09. The van der Waals surface area contributed by atoms with Crippen molar-refractivity contribution in [3.63, 3.8) is 0 Å². The van der Waals surface area contributed by atoms with Crippen molar-refractivity contribution in [3.05, 3.63) is 59.7 Å². The predicted molar refractivity (Wildman–Crippen MR) is 86.6 cm³/mol. The monoisotopic (exact) mass is 299 g/mol. The predicted octanol–water partition coefficient (Wildman–Crippen LogP) is 3.07. The molecule has 0 radical (unpaired) electrons. The van der Waals surface area contributed by atoms with E-state index in [9.17, 15) is 4.79 Å². The molecule has 4 heteroatoms. The average molecular weight is 299 g/mol. The van der Waals surface area contributed by atoms with Crippen LogP contribution in [0.5, 0.6) is 11.5 Å². The molecule has 0 bridgehead atoms. The Balaban J connectivity index is 2.26. The van der Waals surface area contributed by atoms with Crippen LogP contribution < -0.4 is 14.8 Å². The molecule has 0 aliphatic carbocycles. The van der Waals surface area contributed by atoms with Crippen LogP contribution in [0.2, 0.25) is 0 Å². The van der Waals surface area contributed by atoms with Gasteiger partial charge in [-0.25, -0.2) is 0 Å². The molecule has 2 aromatic rings. The number of rotatable bonds is 8. The summed E-state index contributed by atoms with van der Waals surface area (Å²) in [6, 6.07) is 15.2. The van der Waals surface area contributed by atoms with Gasteiger partial charge < -0.3 is 14.8 Å². The van der Waals surface area contributed by atoms with Gasteiger partial charge in [0.05, 0.1) is 18.7 Å². The molecule has 0 aromatic heterocycles. The minimum atomic E-state index is -0.0212. The minimum absolute atomic E-state index is 0.0212. The van der Waals surface area contributed by atoms with E-state index in [1.165, 1.54) is 0 Å². The summed E-state index contributed by atoms with van der Waals surface area (Å²) < 4.78 is 11.5. The quantitative estimate of drug-likeness (QED) is 0.761. The first-order chi connectivity index (χ1) is 10.8. The summed E-state index contributed by atoms with van der Waals surface area (Å²) in [5.41, 5.74) is 1.58. The molecular formula is C18H21NO3. The van der Waals surface area contributed by atoms with Gasteiger partial charge >= 0.3 is 0 Å². The Kier molecular flexibility index (Phi) is 5.98. The second-order valence-corrected chi connectivity index (χ2v) is 4.79. The SMILES string of the molecule is CCOc1cccc(C(=O)CNC)c1OCc1ccccc1. The lowest BCUT2D eigenvalue weighted by atomic mass is 10.1. The zero-order chi connectivity index (χ0) is 15.8. The van der Waals surface area contributed by atoms with Gasteiger partial charge in [-0.2, -0.15) is 0 Å². The maximum atomic E-state index is 12.2. The number of benzene rings is 2. The number of ketones is 1. The topological polar surface area (TPSA) is 47.6 Å². The Hall–Kier alpha value is -2.33. The smallest absolute Gasteiger partial charge is 0.180 e. The molecule has 0 unspecified atom stereocenters. The van der Waals surface area contributed by atoms with E-state index in [0.29, 0.717) is 30.3 Å². The van der Waals surface area contributed by atoms with Crippen molar-refractivity contribution < 1.29 is 14.3 Å². The molecule has 0 aliphatic heterocycles. The molecule has 0 saturated carbocycles. The van der Waals surface area contributed by atoms with E-state index in [4.69, 9.17) is 9.47 Å². The second-order valence-electron chi connectivity index (χ2n) is 4.79. The summed E-state index contributed by atoms with van der Waals surface area (Å²) in [6.45, 7) is 3.08. The molecular weight excluding hydrogens is 278 g/mol. The molecule has 0 atom stereocenters. The molecule has 0 fully saturated rings. The molecule has 0 spiro atoms. The molecule has 0 heterocycles. The van der Waals surface area contributed by atoms with Gasteiger partial charge in [-0.3, -0.25) is 4.79 Å². The summed E-state index contributed by atoms with van der Waals surface area (Å²) >= 11 is 0. The Morgan fingerprint density at radius 1 is 1.05 bits per heavy atom. The maximum Gasteiger partial charge on any atom is 0.180 e. The van der Waals surface area contributed by atoms with E-state index in [2.05, 4.69) is 5.32 Å². The van der Waals surface area contributed by atoms with Crippen LogP contribution in [0.15, 0.2) is 48.5 Å². The highest BCUT2D eigenvalue weighted by molar-refractivity contribution is 6.00. The van der Waals surface area contributed by atoms with Crippen LogP contribution in [0.4, 0.5) is 0 Å². The number of carbonyl (C=O) groups is 1. The van der Waals surface area contributed by atoms with Crippen LogP contribution in [0, 0.1) is 0 Å². The Morgan fingerprint density at radius 2 is 1.82 bits per heavy atom. The average Bonchev–Trinajstić information content (AvgIpc) is 2.55. The van der Waals surface area contributed by atoms with Crippen molar-refractivity contribution in [1.29, 1.82) is 0 Å². The summed E-state index contributed by atoms with van der Waals surface area (Å²) in [5.74, 6) is 1.08. The molecule has 4 nitrogen and oxygen atoms in total. The van der Waals surface area contributed by atoms with E-state index in [-0.39, 0.29) is 12.3 Å². The third-order valence-electron chi connectivity index (χ3n) is 3.14. The second kappa shape index (κ2) is 8.20. The number of Topliss-reactive ketones (excluding diaryl/α,β-unsaturated/α-hetero) is 1. The largest absolute Gasteiger partial charge is 0.490 e. The summed E-state index contributed by atoms with van der Waals surface area (Å²) in [4.78, 5) is 12.2. The van der Waals surface area contributed by atoms with Gasteiger partial charge in [0.15, 0.2) is 17.3 Å². The van der Waals surface area contributed by atoms with E-state index < -0.39 is 0 Å². The number of carbonyl (C=O) groups excluding carboxylic acids is 1. The van der Waals surface area contributed by atoms with Crippen LogP contribution >= 0.6 is 0 Å². The summed E-state index contributed by atoms with van der Waals surface area (Å²) in [5, 5.41) is 2.87. The van der Waals surface area contributed by atoms with Gasteiger partial charge in [0.1, 0.15) is 6.61 Å². The highest BCUT2D eigenvalue weighted by Gasteiger charge is 2.17.